The molecule has 2 rings (SSSR count). The van der Waals surface area contributed by atoms with E-state index >= 15 is 0 Å². The zero-order valence-electron chi connectivity index (χ0n) is 10.7. The van der Waals surface area contributed by atoms with Crippen LogP contribution in [0, 0.1) is 6.92 Å². The van der Waals surface area contributed by atoms with E-state index in [1.807, 2.05) is 11.8 Å². The predicted molar refractivity (Wildman–Crippen MR) is 74.0 cm³/mol. The molecule has 0 bridgehead atoms. The van der Waals surface area contributed by atoms with Gasteiger partial charge in [0.15, 0.2) is 0 Å². The Morgan fingerprint density at radius 3 is 2.67 bits per heavy atom. The van der Waals surface area contributed by atoms with Crippen LogP contribution in [0.3, 0.4) is 0 Å². The fourth-order valence-corrected chi connectivity index (χ4v) is 2.83. The van der Waals surface area contributed by atoms with Crippen LogP contribution in [0.25, 0.3) is 0 Å². The molecule has 1 aliphatic rings. The molecule has 0 N–H and O–H groups in total. The molecule has 0 aliphatic carbocycles. The number of piperazine rings is 1. The zero-order chi connectivity index (χ0) is 13.1. The third kappa shape index (κ3) is 3.43. The van der Waals surface area contributed by atoms with Crippen molar-refractivity contribution in [3.63, 3.8) is 0 Å². The SMILES string of the molecule is Cc1nc(CN2CCN(C(=O)C(C)Cl)CC2)cs1. The van der Waals surface area contributed by atoms with E-state index < -0.39 is 5.38 Å². The summed E-state index contributed by atoms with van der Waals surface area (Å²) in [4.78, 5) is 20.4. The summed E-state index contributed by atoms with van der Waals surface area (Å²) in [7, 11) is 0. The lowest BCUT2D eigenvalue weighted by Crippen LogP contribution is -2.50. The monoisotopic (exact) mass is 287 g/mol. The minimum Gasteiger partial charge on any atom is -0.339 e. The van der Waals surface area contributed by atoms with Crippen LogP contribution >= 0.6 is 22.9 Å². The van der Waals surface area contributed by atoms with Crippen molar-refractivity contribution in [2.24, 2.45) is 0 Å². The molecule has 4 nitrogen and oxygen atoms in total. The first kappa shape index (κ1) is 13.8. The Balaban J connectivity index is 1.82. The molecule has 0 spiro atoms. The Morgan fingerprint density at radius 1 is 1.50 bits per heavy atom. The number of nitrogens with zero attached hydrogens (tertiary/aromatic N) is 3. The van der Waals surface area contributed by atoms with Gasteiger partial charge in [0.2, 0.25) is 5.91 Å². The maximum absolute atomic E-state index is 11.7. The number of carbonyl (C=O) groups excluding carboxylic acids is 1. The number of hydrogen-bond acceptors (Lipinski definition) is 4. The average Bonchev–Trinajstić information content (AvgIpc) is 2.75. The topological polar surface area (TPSA) is 36.4 Å². The summed E-state index contributed by atoms with van der Waals surface area (Å²) in [6, 6.07) is 0. The minimum atomic E-state index is -0.419. The third-order valence-corrected chi connectivity index (χ3v) is 4.09. The van der Waals surface area contributed by atoms with Gasteiger partial charge in [-0.1, -0.05) is 0 Å². The molecule has 100 valence electrons. The Bertz CT molecular complexity index is 413. The van der Waals surface area contributed by atoms with Gasteiger partial charge in [0.05, 0.1) is 10.7 Å². The molecule has 1 saturated heterocycles. The van der Waals surface area contributed by atoms with Crippen LogP contribution in [0.4, 0.5) is 0 Å². The van der Waals surface area contributed by atoms with Crippen LogP contribution in [0.15, 0.2) is 5.38 Å². The molecule has 18 heavy (non-hydrogen) atoms. The standard InChI is InChI=1S/C12H18ClN3OS/c1-9(13)12(17)16-5-3-15(4-6-16)7-11-8-18-10(2)14-11/h8-9H,3-7H2,1-2H3. The lowest BCUT2D eigenvalue weighted by molar-refractivity contribution is -0.132. The van der Waals surface area contributed by atoms with E-state index in [4.69, 9.17) is 11.6 Å². The zero-order valence-corrected chi connectivity index (χ0v) is 12.3. The number of thiazole rings is 1. The molecule has 1 atom stereocenters. The Labute approximate surface area is 117 Å². The molecule has 1 aromatic rings. The van der Waals surface area contributed by atoms with Crippen LogP contribution in [0.2, 0.25) is 0 Å². The normalized spacial score (nSPS) is 18.9. The largest absolute Gasteiger partial charge is 0.339 e. The summed E-state index contributed by atoms with van der Waals surface area (Å²) in [5, 5.41) is 2.79. The van der Waals surface area contributed by atoms with Gasteiger partial charge >= 0.3 is 0 Å². The number of aromatic nitrogens is 1. The van der Waals surface area contributed by atoms with Gasteiger partial charge in [0, 0.05) is 38.1 Å². The fraction of sp³-hybridized carbons (Fsp3) is 0.667. The van der Waals surface area contributed by atoms with Crippen molar-refractivity contribution in [2.75, 3.05) is 26.2 Å². The number of aryl methyl sites for hydroxylation is 1. The lowest BCUT2D eigenvalue weighted by Gasteiger charge is -2.34. The lowest BCUT2D eigenvalue weighted by atomic mass is 10.2. The highest BCUT2D eigenvalue weighted by Gasteiger charge is 2.23. The molecule has 6 heteroatoms. The van der Waals surface area contributed by atoms with Gasteiger partial charge in [-0.05, 0) is 13.8 Å². The Hall–Kier alpha value is -0.650. The van der Waals surface area contributed by atoms with Crippen molar-refractivity contribution in [2.45, 2.75) is 25.8 Å². The average molecular weight is 288 g/mol. The Morgan fingerprint density at radius 2 is 2.17 bits per heavy atom. The van der Waals surface area contributed by atoms with Gasteiger partial charge in [-0.25, -0.2) is 4.98 Å². The van der Waals surface area contributed by atoms with Crippen molar-refractivity contribution in [1.82, 2.24) is 14.8 Å². The summed E-state index contributed by atoms with van der Waals surface area (Å²) in [6.07, 6.45) is 0. The van der Waals surface area contributed by atoms with Crippen LogP contribution in [-0.2, 0) is 11.3 Å². The number of halogens is 1. The second-order valence-electron chi connectivity index (χ2n) is 4.58. The molecule has 1 aromatic heterocycles. The number of hydrogen-bond donors (Lipinski definition) is 0. The summed E-state index contributed by atoms with van der Waals surface area (Å²) in [6.45, 7) is 7.94. The number of carbonyl (C=O) groups is 1. The highest BCUT2D eigenvalue weighted by molar-refractivity contribution is 7.09. The summed E-state index contributed by atoms with van der Waals surface area (Å²) < 4.78 is 0. The molecule has 1 fully saturated rings. The van der Waals surface area contributed by atoms with Crippen LogP contribution in [-0.4, -0.2) is 52.2 Å². The predicted octanol–water partition coefficient (Wildman–Crippen LogP) is 1.72. The number of alkyl halides is 1. The van der Waals surface area contributed by atoms with Gasteiger partial charge in [-0.15, -0.1) is 22.9 Å². The molecule has 1 unspecified atom stereocenters. The molecule has 0 saturated carbocycles. The maximum atomic E-state index is 11.7. The van der Waals surface area contributed by atoms with E-state index in [0.29, 0.717) is 0 Å². The van der Waals surface area contributed by atoms with Crippen molar-refractivity contribution in [1.29, 1.82) is 0 Å². The highest BCUT2D eigenvalue weighted by Crippen LogP contribution is 2.13. The molecular formula is C12H18ClN3OS. The second kappa shape index (κ2) is 5.99. The minimum absolute atomic E-state index is 0.0424. The smallest absolute Gasteiger partial charge is 0.240 e. The van der Waals surface area contributed by atoms with Gasteiger partial charge < -0.3 is 4.90 Å². The van der Waals surface area contributed by atoms with E-state index in [-0.39, 0.29) is 5.91 Å². The quantitative estimate of drug-likeness (QED) is 0.795. The fourth-order valence-electron chi connectivity index (χ4n) is 2.09. The molecule has 0 aromatic carbocycles. The van der Waals surface area contributed by atoms with Gasteiger partial charge in [-0.2, -0.15) is 0 Å². The van der Waals surface area contributed by atoms with E-state index in [9.17, 15) is 4.79 Å². The molecule has 1 amide bonds. The van der Waals surface area contributed by atoms with Crippen LogP contribution in [0.5, 0.6) is 0 Å². The molecule has 1 aliphatic heterocycles. The third-order valence-electron chi connectivity index (χ3n) is 3.08. The van der Waals surface area contributed by atoms with Gasteiger partial charge in [0.1, 0.15) is 5.38 Å². The van der Waals surface area contributed by atoms with Crippen molar-refractivity contribution < 1.29 is 4.79 Å². The van der Waals surface area contributed by atoms with E-state index in [0.717, 1.165) is 43.4 Å². The van der Waals surface area contributed by atoms with Gasteiger partial charge in [-0.3, -0.25) is 9.69 Å². The molecular weight excluding hydrogens is 270 g/mol. The second-order valence-corrected chi connectivity index (χ2v) is 6.29. The summed E-state index contributed by atoms with van der Waals surface area (Å²) in [5.74, 6) is 0.0424. The first-order valence-electron chi connectivity index (χ1n) is 6.12. The molecule has 0 radical (unpaired) electrons. The van der Waals surface area contributed by atoms with E-state index in [1.54, 1.807) is 18.3 Å². The summed E-state index contributed by atoms with van der Waals surface area (Å²) in [5.41, 5.74) is 1.13. The van der Waals surface area contributed by atoms with Crippen LogP contribution < -0.4 is 0 Å². The van der Waals surface area contributed by atoms with E-state index in [2.05, 4.69) is 15.3 Å². The van der Waals surface area contributed by atoms with Gasteiger partial charge in [0.25, 0.3) is 0 Å². The molecule has 2 heterocycles. The summed E-state index contributed by atoms with van der Waals surface area (Å²) >= 11 is 7.50. The number of amides is 1. The number of rotatable bonds is 3. The highest BCUT2D eigenvalue weighted by atomic mass is 35.5. The van der Waals surface area contributed by atoms with Crippen LogP contribution in [0.1, 0.15) is 17.6 Å². The maximum Gasteiger partial charge on any atom is 0.240 e. The first-order chi connectivity index (χ1) is 8.56. The van der Waals surface area contributed by atoms with Crippen molar-refractivity contribution >= 4 is 28.8 Å². The van der Waals surface area contributed by atoms with E-state index in [1.165, 1.54) is 0 Å². The van der Waals surface area contributed by atoms with Crippen molar-refractivity contribution in [3.8, 4) is 0 Å². The first-order valence-corrected chi connectivity index (χ1v) is 7.44. The van der Waals surface area contributed by atoms with Crippen molar-refractivity contribution in [3.05, 3.63) is 16.1 Å². The Kier molecular flexibility index (Phi) is 4.59.